The van der Waals surface area contributed by atoms with E-state index in [-0.39, 0.29) is 12.3 Å². The minimum atomic E-state index is -0.547. The number of hydrogen-bond acceptors (Lipinski definition) is 6. The molecule has 0 aliphatic rings. The van der Waals surface area contributed by atoms with Crippen molar-refractivity contribution in [3.63, 3.8) is 0 Å². The normalized spacial score (nSPS) is 10.6. The van der Waals surface area contributed by atoms with Crippen molar-refractivity contribution < 1.29 is 23.8 Å². The van der Waals surface area contributed by atoms with E-state index in [4.69, 9.17) is 20.9 Å². The molecule has 1 N–H and O–H groups in total. The van der Waals surface area contributed by atoms with Crippen LogP contribution in [0.3, 0.4) is 0 Å². The predicted molar refractivity (Wildman–Crippen MR) is 99.5 cm³/mol. The number of benzene rings is 2. The standard InChI is InChI=1S/C18H16ClN3O4S/c1-25-15-8-6-14(7-9-15)22-17(18(24)26-21-22)27-11-10-16(23)20-13-4-2-12(19)3-5-13/h2-9H,10-11H2,1H3,(H-,20,21,23,24). The molecule has 1 heterocycles. The summed E-state index contributed by atoms with van der Waals surface area (Å²) in [5.41, 5.74) is 1.33. The third-order valence-corrected chi connectivity index (χ3v) is 4.86. The summed E-state index contributed by atoms with van der Waals surface area (Å²) in [6, 6.07) is 13.9. The van der Waals surface area contributed by atoms with Crippen LogP contribution in [0.4, 0.5) is 5.69 Å². The van der Waals surface area contributed by atoms with Gasteiger partial charge in [-0.05, 0) is 41.1 Å². The Labute approximate surface area is 164 Å². The molecule has 0 saturated carbocycles. The number of nitrogens with zero attached hydrogens (tertiary/aromatic N) is 2. The summed E-state index contributed by atoms with van der Waals surface area (Å²) in [5.74, 6) is 0.378. The van der Waals surface area contributed by atoms with Crippen molar-refractivity contribution in [3.05, 3.63) is 53.6 Å². The SMILES string of the molecule is COc1ccc(-[n+]2noc([O-])c2SCCC(=O)Nc2ccc(Cl)cc2)cc1. The van der Waals surface area contributed by atoms with Crippen LogP contribution in [0.15, 0.2) is 58.1 Å². The van der Waals surface area contributed by atoms with Crippen LogP contribution in [0.1, 0.15) is 6.42 Å². The molecule has 7 nitrogen and oxygen atoms in total. The van der Waals surface area contributed by atoms with Crippen LogP contribution in [-0.4, -0.2) is 24.0 Å². The zero-order chi connectivity index (χ0) is 19.2. The van der Waals surface area contributed by atoms with Crippen LogP contribution >= 0.6 is 23.4 Å². The Bertz CT molecular complexity index is 913. The van der Waals surface area contributed by atoms with E-state index in [9.17, 15) is 9.90 Å². The molecule has 1 amide bonds. The Balaban J connectivity index is 1.60. The molecule has 0 bridgehead atoms. The molecule has 0 radical (unpaired) electrons. The van der Waals surface area contributed by atoms with Gasteiger partial charge in [0.2, 0.25) is 11.6 Å². The maximum absolute atomic E-state index is 12.0. The Hall–Kier alpha value is -2.71. The lowest BCUT2D eigenvalue weighted by atomic mass is 10.3. The molecular formula is C18H16ClN3O4S. The number of anilines is 1. The van der Waals surface area contributed by atoms with Crippen molar-refractivity contribution in [2.45, 2.75) is 11.4 Å². The van der Waals surface area contributed by atoms with Gasteiger partial charge < -0.3 is 19.7 Å². The van der Waals surface area contributed by atoms with E-state index in [0.717, 1.165) is 0 Å². The van der Waals surface area contributed by atoms with Gasteiger partial charge in [0.25, 0.3) is 5.03 Å². The molecule has 0 spiro atoms. The summed E-state index contributed by atoms with van der Waals surface area (Å²) in [6.45, 7) is 0. The smallest absolute Gasteiger partial charge is 0.297 e. The lowest BCUT2D eigenvalue weighted by Gasteiger charge is -2.04. The number of hydrogen-bond donors (Lipinski definition) is 1. The number of carbonyl (C=O) groups is 1. The second kappa shape index (κ2) is 8.79. The number of thioether (sulfide) groups is 1. The zero-order valence-corrected chi connectivity index (χ0v) is 15.9. The number of carbonyl (C=O) groups excluding carboxylic acids is 1. The molecule has 27 heavy (non-hydrogen) atoms. The van der Waals surface area contributed by atoms with Gasteiger partial charge in [0.15, 0.2) is 5.95 Å². The number of halogens is 1. The molecule has 3 rings (SSSR count). The van der Waals surface area contributed by atoms with Gasteiger partial charge in [-0.15, -0.1) is 0 Å². The fourth-order valence-electron chi connectivity index (χ4n) is 2.25. The molecule has 0 saturated heterocycles. The highest BCUT2D eigenvalue weighted by Crippen LogP contribution is 2.24. The van der Waals surface area contributed by atoms with E-state index in [1.807, 2.05) is 0 Å². The maximum Gasteiger partial charge on any atom is 0.297 e. The maximum atomic E-state index is 12.0. The van der Waals surface area contributed by atoms with Crippen LogP contribution in [0, 0.1) is 0 Å². The van der Waals surface area contributed by atoms with Gasteiger partial charge in [-0.3, -0.25) is 4.79 Å². The highest BCUT2D eigenvalue weighted by atomic mass is 35.5. The lowest BCUT2D eigenvalue weighted by Crippen LogP contribution is -2.34. The molecule has 3 aromatic rings. The Morgan fingerprint density at radius 3 is 2.63 bits per heavy atom. The molecule has 0 aliphatic heterocycles. The number of rotatable bonds is 7. The average Bonchev–Trinajstić information content (AvgIpc) is 3.04. The van der Waals surface area contributed by atoms with Crippen molar-refractivity contribution >= 4 is 35.0 Å². The first-order valence-electron chi connectivity index (χ1n) is 7.98. The zero-order valence-electron chi connectivity index (χ0n) is 14.3. The predicted octanol–water partition coefficient (Wildman–Crippen LogP) is 2.81. The molecule has 0 unspecified atom stereocenters. The van der Waals surface area contributed by atoms with E-state index in [1.54, 1.807) is 55.6 Å². The lowest BCUT2D eigenvalue weighted by molar-refractivity contribution is -0.705. The van der Waals surface area contributed by atoms with Gasteiger partial charge in [-0.1, -0.05) is 23.4 Å². The molecule has 9 heteroatoms. The van der Waals surface area contributed by atoms with Gasteiger partial charge in [-0.2, -0.15) is 0 Å². The van der Waals surface area contributed by atoms with Crippen LogP contribution in [-0.2, 0) is 4.79 Å². The van der Waals surface area contributed by atoms with Crippen LogP contribution in [0.25, 0.3) is 5.69 Å². The molecule has 0 atom stereocenters. The second-order valence-electron chi connectivity index (χ2n) is 5.43. The summed E-state index contributed by atoms with van der Waals surface area (Å²) in [7, 11) is 1.57. The number of aromatic nitrogens is 2. The van der Waals surface area contributed by atoms with Crippen molar-refractivity contribution in [2.75, 3.05) is 18.2 Å². The van der Waals surface area contributed by atoms with E-state index in [1.165, 1.54) is 16.4 Å². The first kappa shape index (κ1) is 19.1. The fraction of sp³-hybridized carbons (Fsp3) is 0.167. The van der Waals surface area contributed by atoms with Crippen molar-refractivity contribution in [1.29, 1.82) is 0 Å². The van der Waals surface area contributed by atoms with Crippen LogP contribution in [0.2, 0.25) is 5.02 Å². The molecular weight excluding hydrogens is 390 g/mol. The van der Waals surface area contributed by atoms with Crippen LogP contribution in [0.5, 0.6) is 11.7 Å². The van der Waals surface area contributed by atoms with Crippen molar-refractivity contribution in [1.82, 2.24) is 5.27 Å². The first-order chi connectivity index (χ1) is 13.1. The number of ether oxygens (including phenoxy) is 1. The molecule has 2 aromatic carbocycles. The third-order valence-electron chi connectivity index (χ3n) is 3.59. The Kier molecular flexibility index (Phi) is 6.20. The largest absolute Gasteiger partial charge is 0.538 e. The molecule has 140 valence electrons. The third kappa shape index (κ3) is 4.93. The number of amides is 1. The van der Waals surface area contributed by atoms with E-state index >= 15 is 0 Å². The van der Waals surface area contributed by atoms with Crippen molar-refractivity contribution in [3.8, 4) is 17.4 Å². The van der Waals surface area contributed by atoms with Gasteiger partial charge in [0.1, 0.15) is 5.75 Å². The van der Waals surface area contributed by atoms with Crippen molar-refractivity contribution in [2.24, 2.45) is 0 Å². The Morgan fingerprint density at radius 2 is 1.96 bits per heavy atom. The van der Waals surface area contributed by atoms with Gasteiger partial charge in [0.05, 0.1) is 12.4 Å². The summed E-state index contributed by atoms with van der Waals surface area (Å²) in [4.78, 5) is 12.0. The quantitative estimate of drug-likeness (QED) is 0.480. The highest BCUT2D eigenvalue weighted by Gasteiger charge is 2.21. The number of methoxy groups -OCH3 is 1. The average molecular weight is 406 g/mol. The van der Waals surface area contributed by atoms with Gasteiger partial charge in [-0.25, -0.2) is 0 Å². The first-order valence-corrected chi connectivity index (χ1v) is 9.35. The Morgan fingerprint density at radius 1 is 1.26 bits per heavy atom. The molecule has 0 fully saturated rings. The second-order valence-corrected chi connectivity index (χ2v) is 6.95. The highest BCUT2D eigenvalue weighted by molar-refractivity contribution is 7.99. The molecule has 0 aliphatic carbocycles. The van der Waals surface area contributed by atoms with Crippen LogP contribution < -0.4 is 19.8 Å². The topological polar surface area (TPSA) is 91.3 Å². The van der Waals surface area contributed by atoms with E-state index < -0.39 is 5.95 Å². The minimum absolute atomic E-state index is 0.162. The minimum Gasteiger partial charge on any atom is -0.538 e. The van der Waals surface area contributed by atoms with Gasteiger partial charge in [0, 0.05) is 35.0 Å². The summed E-state index contributed by atoms with van der Waals surface area (Å²) in [5, 5.41) is 19.4. The summed E-state index contributed by atoms with van der Waals surface area (Å²) >= 11 is 7.02. The fourth-order valence-corrected chi connectivity index (χ4v) is 3.27. The number of nitrogens with one attached hydrogen (secondary N) is 1. The van der Waals surface area contributed by atoms with Gasteiger partial charge >= 0.3 is 0 Å². The summed E-state index contributed by atoms with van der Waals surface area (Å²) in [6.07, 6.45) is 0.223. The van der Waals surface area contributed by atoms with E-state index in [0.29, 0.717) is 32.9 Å². The van der Waals surface area contributed by atoms with E-state index in [2.05, 4.69) is 10.6 Å². The summed E-state index contributed by atoms with van der Waals surface area (Å²) < 4.78 is 11.3. The monoisotopic (exact) mass is 405 g/mol. The molecule has 1 aromatic heterocycles.